The smallest absolute Gasteiger partial charge is 0.307 e. The number of thiophene rings is 1. The van der Waals surface area contributed by atoms with Gasteiger partial charge in [0.25, 0.3) is 5.56 Å². The summed E-state index contributed by atoms with van der Waals surface area (Å²) in [5, 5.41) is 0. The minimum atomic E-state index is -4.74. The van der Waals surface area contributed by atoms with E-state index in [4.69, 9.17) is 11.6 Å². The van der Waals surface area contributed by atoms with Crippen LogP contribution < -0.4 is 5.56 Å². The van der Waals surface area contributed by atoms with Gasteiger partial charge in [-0.2, -0.15) is 13.2 Å². The molecule has 0 aromatic carbocycles. The Hall–Kier alpha value is -1.60. The molecule has 2 heterocycles. The lowest BCUT2D eigenvalue weighted by atomic mass is 10.2. The summed E-state index contributed by atoms with van der Waals surface area (Å²) in [6, 6.07) is 4.74. The lowest BCUT2D eigenvalue weighted by molar-refractivity contribution is -0.138. The van der Waals surface area contributed by atoms with E-state index in [0.29, 0.717) is 15.3 Å². The van der Waals surface area contributed by atoms with Gasteiger partial charge in [0, 0.05) is 6.20 Å². The monoisotopic (exact) mass is 321 g/mol. The molecule has 2 aromatic heterocycles. The van der Waals surface area contributed by atoms with Gasteiger partial charge in [-0.05, 0) is 24.3 Å². The molecule has 0 radical (unpaired) electrons. The minimum absolute atomic E-state index is 0.291. The van der Waals surface area contributed by atoms with E-state index in [-0.39, 0.29) is 0 Å². The van der Waals surface area contributed by atoms with Crippen molar-refractivity contribution in [2.24, 2.45) is 0 Å². The standard InChI is InChI=1S/C12H7ClF3NO2S/c13-10-4-3-9(20-10)8(18)6-17-5-1-2-7(11(17)19)12(14,15)16/h1-5H,6H2. The predicted molar refractivity (Wildman–Crippen MR) is 69.4 cm³/mol. The average molecular weight is 322 g/mol. The Balaban J connectivity index is 2.31. The highest BCUT2D eigenvalue weighted by Gasteiger charge is 2.34. The number of ketones is 1. The molecule has 0 N–H and O–H groups in total. The van der Waals surface area contributed by atoms with Crippen LogP contribution in [-0.2, 0) is 12.7 Å². The van der Waals surface area contributed by atoms with Gasteiger partial charge in [-0.25, -0.2) is 0 Å². The Bertz CT molecular complexity index is 705. The molecule has 106 valence electrons. The van der Waals surface area contributed by atoms with Crippen molar-refractivity contribution >= 4 is 28.7 Å². The van der Waals surface area contributed by atoms with Crippen molar-refractivity contribution < 1.29 is 18.0 Å². The van der Waals surface area contributed by atoms with Crippen LogP contribution in [0.3, 0.4) is 0 Å². The molecule has 0 bridgehead atoms. The number of pyridine rings is 1. The Labute approximate surface area is 120 Å². The van der Waals surface area contributed by atoms with E-state index in [0.717, 1.165) is 28.2 Å². The van der Waals surface area contributed by atoms with E-state index in [1.54, 1.807) is 0 Å². The first-order valence-electron chi connectivity index (χ1n) is 5.34. The van der Waals surface area contributed by atoms with Crippen molar-refractivity contribution in [1.29, 1.82) is 0 Å². The fourth-order valence-corrected chi connectivity index (χ4v) is 2.55. The molecule has 8 heteroatoms. The number of hydrogen-bond donors (Lipinski definition) is 0. The first-order valence-corrected chi connectivity index (χ1v) is 6.53. The minimum Gasteiger partial charge on any atom is -0.307 e. The second-order valence-electron chi connectivity index (χ2n) is 3.88. The van der Waals surface area contributed by atoms with Crippen LogP contribution >= 0.6 is 22.9 Å². The summed E-state index contributed by atoms with van der Waals surface area (Å²) in [6.45, 7) is -0.459. The highest BCUT2D eigenvalue weighted by atomic mass is 35.5. The molecule has 0 saturated carbocycles. The Morgan fingerprint density at radius 3 is 2.55 bits per heavy atom. The number of aromatic nitrogens is 1. The molecule has 0 aliphatic heterocycles. The number of halogens is 4. The zero-order valence-corrected chi connectivity index (χ0v) is 11.4. The summed E-state index contributed by atoms with van der Waals surface area (Å²) in [5.41, 5.74) is -2.53. The van der Waals surface area contributed by atoms with Gasteiger partial charge in [0.2, 0.25) is 0 Å². The van der Waals surface area contributed by atoms with Gasteiger partial charge in [0.15, 0.2) is 5.78 Å². The molecular weight excluding hydrogens is 315 g/mol. The maximum atomic E-state index is 12.6. The molecule has 0 fully saturated rings. The van der Waals surface area contributed by atoms with Crippen LogP contribution in [0.4, 0.5) is 13.2 Å². The molecule has 0 saturated heterocycles. The number of carbonyl (C=O) groups excluding carboxylic acids is 1. The lowest BCUT2D eigenvalue weighted by Gasteiger charge is -2.09. The summed E-state index contributed by atoms with van der Waals surface area (Å²) in [7, 11) is 0. The summed E-state index contributed by atoms with van der Waals surface area (Å²) >= 11 is 6.68. The van der Waals surface area contributed by atoms with E-state index in [9.17, 15) is 22.8 Å². The van der Waals surface area contributed by atoms with Crippen molar-refractivity contribution in [3.05, 3.63) is 55.6 Å². The molecule has 2 rings (SSSR count). The quantitative estimate of drug-likeness (QED) is 0.812. The van der Waals surface area contributed by atoms with E-state index < -0.39 is 29.6 Å². The zero-order chi connectivity index (χ0) is 14.9. The largest absolute Gasteiger partial charge is 0.421 e. The highest BCUT2D eigenvalue weighted by molar-refractivity contribution is 7.18. The number of alkyl halides is 3. The van der Waals surface area contributed by atoms with E-state index in [2.05, 4.69) is 0 Å². The van der Waals surface area contributed by atoms with Crippen LogP contribution in [0.15, 0.2) is 35.3 Å². The van der Waals surface area contributed by atoms with Gasteiger partial charge in [-0.3, -0.25) is 9.59 Å². The fourth-order valence-electron chi connectivity index (χ4n) is 1.57. The molecule has 0 spiro atoms. The first-order chi connectivity index (χ1) is 9.29. The van der Waals surface area contributed by atoms with Crippen LogP contribution in [0.25, 0.3) is 0 Å². The number of carbonyl (C=O) groups is 1. The highest BCUT2D eigenvalue weighted by Crippen LogP contribution is 2.26. The van der Waals surface area contributed by atoms with E-state index in [1.165, 1.54) is 12.1 Å². The van der Waals surface area contributed by atoms with Gasteiger partial charge < -0.3 is 4.57 Å². The van der Waals surface area contributed by atoms with Crippen molar-refractivity contribution in [3.63, 3.8) is 0 Å². The Morgan fingerprint density at radius 1 is 1.30 bits per heavy atom. The Kier molecular flexibility index (Phi) is 4.01. The van der Waals surface area contributed by atoms with Crippen molar-refractivity contribution in [2.75, 3.05) is 0 Å². The molecule has 0 unspecified atom stereocenters. The normalized spacial score (nSPS) is 11.6. The summed E-state index contributed by atoms with van der Waals surface area (Å²) in [6.07, 6.45) is -3.60. The first kappa shape index (κ1) is 14.8. The lowest BCUT2D eigenvalue weighted by Crippen LogP contribution is -2.30. The van der Waals surface area contributed by atoms with Gasteiger partial charge in [-0.1, -0.05) is 11.6 Å². The summed E-state index contributed by atoms with van der Waals surface area (Å²) < 4.78 is 38.9. The topological polar surface area (TPSA) is 39.1 Å². The number of rotatable bonds is 3. The van der Waals surface area contributed by atoms with Crippen molar-refractivity contribution in [1.82, 2.24) is 4.57 Å². The molecule has 0 aliphatic rings. The molecular formula is C12H7ClF3NO2S. The Morgan fingerprint density at radius 2 is 2.00 bits per heavy atom. The molecule has 3 nitrogen and oxygen atoms in total. The maximum Gasteiger partial charge on any atom is 0.421 e. The van der Waals surface area contributed by atoms with Crippen molar-refractivity contribution in [3.8, 4) is 0 Å². The number of nitrogens with zero attached hydrogens (tertiary/aromatic N) is 1. The molecule has 0 atom stereocenters. The number of Topliss-reactive ketones (excluding diaryl/α,β-unsaturated/α-hetero) is 1. The van der Waals surface area contributed by atoms with Gasteiger partial charge in [-0.15, -0.1) is 11.3 Å². The third kappa shape index (κ3) is 3.10. The van der Waals surface area contributed by atoms with Crippen molar-refractivity contribution in [2.45, 2.75) is 12.7 Å². The second kappa shape index (κ2) is 5.41. The summed E-state index contributed by atoms with van der Waals surface area (Å²) in [4.78, 5) is 23.8. The molecule has 0 amide bonds. The molecule has 0 aliphatic carbocycles. The fraction of sp³-hybridized carbons (Fsp3) is 0.167. The summed E-state index contributed by atoms with van der Waals surface area (Å²) in [5.74, 6) is -0.469. The molecule has 20 heavy (non-hydrogen) atoms. The van der Waals surface area contributed by atoms with Crippen LogP contribution in [0.1, 0.15) is 15.2 Å². The third-order valence-electron chi connectivity index (χ3n) is 2.49. The zero-order valence-electron chi connectivity index (χ0n) is 9.78. The predicted octanol–water partition coefficient (Wildman–Crippen LogP) is 3.46. The van der Waals surface area contributed by atoms with Crippen LogP contribution in [-0.4, -0.2) is 10.4 Å². The van der Waals surface area contributed by atoms with Gasteiger partial charge >= 0.3 is 6.18 Å². The van der Waals surface area contributed by atoms with E-state index >= 15 is 0 Å². The maximum absolute atomic E-state index is 12.6. The molecule has 2 aromatic rings. The third-order valence-corrected chi connectivity index (χ3v) is 3.76. The van der Waals surface area contributed by atoms with Crippen LogP contribution in [0, 0.1) is 0 Å². The van der Waals surface area contributed by atoms with E-state index in [1.807, 2.05) is 0 Å². The van der Waals surface area contributed by atoms with Crippen LogP contribution in [0.5, 0.6) is 0 Å². The van der Waals surface area contributed by atoms with Crippen LogP contribution in [0.2, 0.25) is 4.34 Å². The SMILES string of the molecule is O=C(Cn1cccc(C(F)(F)F)c1=O)c1ccc(Cl)s1. The van der Waals surface area contributed by atoms with Gasteiger partial charge in [0.1, 0.15) is 5.56 Å². The average Bonchev–Trinajstić information content (AvgIpc) is 2.77. The van der Waals surface area contributed by atoms with Gasteiger partial charge in [0.05, 0.1) is 15.8 Å². The second-order valence-corrected chi connectivity index (χ2v) is 5.59. The number of hydrogen-bond acceptors (Lipinski definition) is 3.